The number of anilines is 1. The van der Waals surface area contributed by atoms with Gasteiger partial charge in [0.1, 0.15) is 0 Å². The minimum atomic E-state index is -0.783. The van der Waals surface area contributed by atoms with E-state index in [-0.39, 0.29) is 0 Å². The number of tetrazole rings is 1. The maximum Gasteiger partial charge on any atom is 0.182 e. The molecule has 1 aromatic carbocycles. The molecule has 102 valence electrons. The monoisotopic (exact) mass is 279 g/mol. The maximum absolute atomic E-state index is 11.0. The zero-order valence-corrected chi connectivity index (χ0v) is 11.9. The highest BCUT2D eigenvalue weighted by atomic mass is 32.2. The number of hydrogen-bond acceptors (Lipinski definition) is 5. The third kappa shape index (κ3) is 3.37. The Labute approximate surface area is 114 Å². The molecule has 0 amide bonds. The van der Waals surface area contributed by atoms with Gasteiger partial charge in [0.15, 0.2) is 5.82 Å². The zero-order chi connectivity index (χ0) is 13.8. The van der Waals surface area contributed by atoms with Crippen molar-refractivity contribution < 1.29 is 4.21 Å². The molecule has 7 heteroatoms. The Hall–Kier alpha value is -1.76. The first kappa shape index (κ1) is 13.7. The molecule has 2 rings (SSSR count). The largest absolute Gasteiger partial charge is 0.399 e. The van der Waals surface area contributed by atoms with Crippen LogP contribution in [-0.4, -0.2) is 36.4 Å². The smallest absolute Gasteiger partial charge is 0.182 e. The fourth-order valence-corrected chi connectivity index (χ4v) is 2.33. The molecule has 6 nitrogen and oxygen atoms in total. The van der Waals surface area contributed by atoms with Gasteiger partial charge >= 0.3 is 0 Å². The van der Waals surface area contributed by atoms with Gasteiger partial charge in [-0.2, -0.15) is 0 Å². The maximum atomic E-state index is 11.0. The van der Waals surface area contributed by atoms with Crippen molar-refractivity contribution in [3.63, 3.8) is 0 Å². The summed E-state index contributed by atoms with van der Waals surface area (Å²) in [5.41, 5.74) is 8.50. The molecule has 1 heterocycles. The normalized spacial score (nSPS) is 12.5. The molecule has 2 N–H and O–H groups in total. The van der Waals surface area contributed by atoms with E-state index in [9.17, 15) is 4.21 Å². The van der Waals surface area contributed by atoms with Crippen LogP contribution in [0.2, 0.25) is 0 Å². The molecule has 19 heavy (non-hydrogen) atoms. The molecular weight excluding hydrogens is 262 g/mol. The Balaban J connectivity index is 2.18. The molecule has 0 bridgehead atoms. The van der Waals surface area contributed by atoms with E-state index in [1.807, 2.05) is 25.1 Å². The zero-order valence-electron chi connectivity index (χ0n) is 11.0. The summed E-state index contributed by atoms with van der Waals surface area (Å²) in [7, 11) is -0.783. The topological polar surface area (TPSA) is 86.7 Å². The van der Waals surface area contributed by atoms with Gasteiger partial charge in [-0.05, 0) is 47.5 Å². The SMILES string of the molecule is Cc1cc(-c2nnnn2CCCS(C)=O)ccc1N. The van der Waals surface area contributed by atoms with Gasteiger partial charge in [0, 0.05) is 40.6 Å². The van der Waals surface area contributed by atoms with Crippen LogP contribution in [0.5, 0.6) is 0 Å². The van der Waals surface area contributed by atoms with E-state index in [4.69, 9.17) is 5.73 Å². The third-order valence-corrected chi connectivity index (χ3v) is 3.73. The molecule has 0 aliphatic rings. The van der Waals surface area contributed by atoms with E-state index in [1.165, 1.54) is 0 Å². The number of hydrogen-bond donors (Lipinski definition) is 1. The first-order valence-electron chi connectivity index (χ1n) is 6.00. The van der Waals surface area contributed by atoms with Crippen LogP contribution in [0.3, 0.4) is 0 Å². The minimum absolute atomic E-state index is 0.653. The van der Waals surface area contributed by atoms with E-state index in [0.29, 0.717) is 18.1 Å². The molecule has 0 saturated heterocycles. The van der Waals surface area contributed by atoms with Crippen LogP contribution >= 0.6 is 0 Å². The van der Waals surface area contributed by atoms with Gasteiger partial charge in [-0.15, -0.1) is 5.10 Å². The molecule has 0 spiro atoms. The van der Waals surface area contributed by atoms with Gasteiger partial charge in [0.2, 0.25) is 0 Å². The number of nitrogens with two attached hydrogens (primary N) is 1. The van der Waals surface area contributed by atoms with Crippen molar-refractivity contribution in [2.45, 2.75) is 19.9 Å². The predicted molar refractivity (Wildman–Crippen MR) is 76.0 cm³/mol. The van der Waals surface area contributed by atoms with E-state index in [0.717, 1.165) is 23.2 Å². The highest BCUT2D eigenvalue weighted by Gasteiger charge is 2.09. The van der Waals surface area contributed by atoms with Crippen molar-refractivity contribution in [3.05, 3.63) is 23.8 Å². The molecule has 0 fully saturated rings. The quantitative estimate of drug-likeness (QED) is 0.825. The standard InChI is InChI=1S/C12H17N5OS/c1-9-8-10(4-5-11(9)13)12-14-15-16-17(12)6-3-7-19(2)18/h4-5,8H,3,6-7,13H2,1-2H3. The molecule has 0 aliphatic carbocycles. The Bertz CT molecular complexity index is 596. The second-order valence-corrected chi connectivity index (χ2v) is 5.98. The van der Waals surface area contributed by atoms with Gasteiger partial charge in [-0.3, -0.25) is 4.21 Å². The van der Waals surface area contributed by atoms with E-state index < -0.39 is 10.8 Å². The van der Waals surface area contributed by atoms with Crippen LogP contribution < -0.4 is 5.73 Å². The molecule has 1 aromatic heterocycles. The highest BCUT2D eigenvalue weighted by molar-refractivity contribution is 7.84. The summed E-state index contributed by atoms with van der Waals surface area (Å²) in [5.74, 6) is 1.37. The summed E-state index contributed by atoms with van der Waals surface area (Å²) in [6, 6.07) is 5.72. The van der Waals surface area contributed by atoms with Crippen molar-refractivity contribution in [2.75, 3.05) is 17.7 Å². The first-order chi connectivity index (χ1) is 9.08. The molecule has 0 saturated carbocycles. The lowest BCUT2D eigenvalue weighted by atomic mass is 10.1. The fourth-order valence-electron chi connectivity index (χ4n) is 1.79. The molecule has 0 radical (unpaired) electrons. The number of nitrogens with zero attached hydrogens (tertiary/aromatic N) is 4. The number of nitrogen functional groups attached to an aromatic ring is 1. The van der Waals surface area contributed by atoms with Gasteiger partial charge in [0.05, 0.1) is 0 Å². The number of aromatic nitrogens is 4. The van der Waals surface area contributed by atoms with Crippen molar-refractivity contribution >= 4 is 16.5 Å². The van der Waals surface area contributed by atoms with Crippen molar-refractivity contribution in [1.29, 1.82) is 0 Å². The molecule has 1 atom stereocenters. The summed E-state index contributed by atoms with van der Waals surface area (Å²) in [4.78, 5) is 0. The Morgan fingerprint density at radius 2 is 2.21 bits per heavy atom. The van der Waals surface area contributed by atoms with Crippen molar-refractivity contribution in [1.82, 2.24) is 20.2 Å². The molecule has 2 aromatic rings. The van der Waals surface area contributed by atoms with E-state index >= 15 is 0 Å². The number of benzene rings is 1. The molecule has 1 unspecified atom stereocenters. The number of rotatable bonds is 5. The lowest BCUT2D eigenvalue weighted by molar-refractivity contribution is 0.583. The van der Waals surface area contributed by atoms with Crippen LogP contribution in [0.4, 0.5) is 5.69 Å². The van der Waals surface area contributed by atoms with Crippen molar-refractivity contribution in [3.8, 4) is 11.4 Å². The third-order valence-electron chi connectivity index (χ3n) is 2.86. The molecular formula is C12H17N5OS. The summed E-state index contributed by atoms with van der Waals surface area (Å²) in [6.07, 6.45) is 2.49. The Kier molecular flexibility index (Phi) is 4.26. The average Bonchev–Trinajstić information content (AvgIpc) is 2.80. The lowest BCUT2D eigenvalue weighted by Gasteiger charge is -2.06. The Morgan fingerprint density at radius 3 is 2.89 bits per heavy atom. The first-order valence-corrected chi connectivity index (χ1v) is 7.73. The van der Waals surface area contributed by atoms with Gasteiger partial charge < -0.3 is 5.73 Å². The van der Waals surface area contributed by atoms with Crippen LogP contribution in [0, 0.1) is 6.92 Å². The average molecular weight is 279 g/mol. The summed E-state index contributed by atoms with van der Waals surface area (Å²) in [6.45, 7) is 2.61. The molecule has 0 aliphatic heterocycles. The number of aryl methyl sites for hydroxylation is 2. The van der Waals surface area contributed by atoms with Crippen LogP contribution in [0.15, 0.2) is 18.2 Å². The summed E-state index contributed by atoms with van der Waals surface area (Å²) in [5, 5.41) is 11.7. The van der Waals surface area contributed by atoms with Crippen molar-refractivity contribution in [2.24, 2.45) is 0 Å². The second-order valence-electron chi connectivity index (χ2n) is 4.43. The van der Waals surface area contributed by atoms with Gasteiger partial charge in [-0.25, -0.2) is 4.68 Å². The lowest BCUT2D eigenvalue weighted by Crippen LogP contribution is -2.06. The summed E-state index contributed by atoms with van der Waals surface area (Å²) >= 11 is 0. The fraction of sp³-hybridized carbons (Fsp3) is 0.417. The Morgan fingerprint density at radius 1 is 1.42 bits per heavy atom. The second kappa shape index (κ2) is 5.92. The highest BCUT2D eigenvalue weighted by Crippen LogP contribution is 2.21. The van der Waals surface area contributed by atoms with Crippen LogP contribution in [0.1, 0.15) is 12.0 Å². The van der Waals surface area contributed by atoms with Crippen LogP contribution in [-0.2, 0) is 17.3 Å². The van der Waals surface area contributed by atoms with E-state index in [1.54, 1.807) is 10.9 Å². The van der Waals surface area contributed by atoms with Gasteiger partial charge in [0.25, 0.3) is 0 Å². The van der Waals surface area contributed by atoms with E-state index in [2.05, 4.69) is 15.5 Å². The summed E-state index contributed by atoms with van der Waals surface area (Å²) < 4.78 is 12.8. The van der Waals surface area contributed by atoms with Crippen LogP contribution in [0.25, 0.3) is 11.4 Å². The minimum Gasteiger partial charge on any atom is -0.399 e. The van der Waals surface area contributed by atoms with Gasteiger partial charge in [-0.1, -0.05) is 0 Å². The predicted octanol–water partition coefficient (Wildman–Crippen LogP) is 0.999.